The van der Waals surface area contributed by atoms with Crippen molar-refractivity contribution >= 4 is 21.5 Å². The first-order valence-corrected chi connectivity index (χ1v) is 21.6. The molecule has 0 fully saturated rings. The molecule has 2 aliphatic rings. The lowest BCUT2D eigenvalue weighted by Gasteiger charge is -2.24. The van der Waals surface area contributed by atoms with Crippen LogP contribution in [-0.4, -0.2) is 0 Å². The molecule has 290 valence electrons. The smallest absolute Gasteiger partial charge is 0.0159 e. The van der Waals surface area contributed by atoms with Crippen LogP contribution in [0, 0.1) is 0 Å². The molecule has 0 spiro atoms. The van der Waals surface area contributed by atoms with Gasteiger partial charge in [-0.15, -0.1) is 0 Å². The van der Waals surface area contributed by atoms with Crippen molar-refractivity contribution < 1.29 is 0 Å². The molecule has 0 N–H and O–H groups in total. The molecule has 0 bridgehead atoms. The van der Waals surface area contributed by atoms with Crippen molar-refractivity contribution in [3.05, 3.63) is 204 Å². The van der Waals surface area contributed by atoms with Crippen LogP contribution in [0.1, 0.15) is 76.3 Å². The Morgan fingerprint density at radius 1 is 0.283 bits per heavy atom. The SMILES string of the molecule is CC(C)(C)c1ccc2ccc(-c3ccc4cc(-c5ccc6c(c5)C(C)(C)c5cc(-c7ccc8c(c7)C(C)(C)c7cc(-c9ccccc9)ccc7-8)ccc5-6)ccc4c3)cc2c1. The van der Waals surface area contributed by atoms with Crippen LogP contribution < -0.4 is 0 Å². The van der Waals surface area contributed by atoms with Crippen LogP contribution >= 0.6 is 0 Å². The van der Waals surface area contributed by atoms with Crippen LogP contribution in [0.25, 0.3) is 88.3 Å². The summed E-state index contributed by atoms with van der Waals surface area (Å²) in [4.78, 5) is 0. The van der Waals surface area contributed by atoms with E-state index in [4.69, 9.17) is 0 Å². The van der Waals surface area contributed by atoms with Crippen LogP contribution in [0.4, 0.5) is 0 Å². The molecule has 0 aliphatic heterocycles. The van der Waals surface area contributed by atoms with E-state index in [0.717, 1.165) is 0 Å². The van der Waals surface area contributed by atoms with Gasteiger partial charge in [0.15, 0.2) is 0 Å². The van der Waals surface area contributed by atoms with Crippen LogP contribution in [0.3, 0.4) is 0 Å². The predicted octanol–water partition coefficient (Wildman–Crippen LogP) is 16.6. The molecule has 0 unspecified atom stereocenters. The summed E-state index contributed by atoms with van der Waals surface area (Å²) >= 11 is 0. The fourth-order valence-electron chi connectivity index (χ4n) is 10.3. The fourth-order valence-corrected chi connectivity index (χ4v) is 10.3. The average molecular weight is 771 g/mol. The number of hydrogen-bond acceptors (Lipinski definition) is 0. The quantitative estimate of drug-likeness (QED) is 0.167. The lowest BCUT2D eigenvalue weighted by Crippen LogP contribution is -2.15. The Morgan fingerprint density at radius 2 is 0.617 bits per heavy atom. The molecule has 9 aromatic rings. The Morgan fingerprint density at radius 3 is 1.03 bits per heavy atom. The van der Waals surface area contributed by atoms with E-state index in [2.05, 4.69) is 224 Å². The van der Waals surface area contributed by atoms with E-state index in [-0.39, 0.29) is 16.2 Å². The van der Waals surface area contributed by atoms with Crippen molar-refractivity contribution in [3.63, 3.8) is 0 Å². The molecule has 0 atom stereocenters. The fraction of sp³-hybridized carbons (Fsp3) is 0.167. The first kappa shape index (κ1) is 36.6. The molecule has 0 heteroatoms. The highest BCUT2D eigenvalue weighted by Crippen LogP contribution is 2.53. The van der Waals surface area contributed by atoms with Gasteiger partial charge in [0.2, 0.25) is 0 Å². The summed E-state index contributed by atoms with van der Waals surface area (Å²) in [6.07, 6.45) is 0. The highest BCUT2D eigenvalue weighted by atomic mass is 14.4. The number of hydrogen-bond donors (Lipinski definition) is 0. The molecule has 11 rings (SSSR count). The Balaban J connectivity index is 0.884. The first-order valence-electron chi connectivity index (χ1n) is 21.6. The molecule has 0 amide bonds. The van der Waals surface area contributed by atoms with E-state index in [1.807, 2.05) is 0 Å². The Labute approximate surface area is 355 Å². The topological polar surface area (TPSA) is 0 Å². The maximum absolute atomic E-state index is 2.46. The molecular formula is C60H50. The van der Waals surface area contributed by atoms with E-state index >= 15 is 0 Å². The van der Waals surface area contributed by atoms with Crippen LogP contribution in [0.5, 0.6) is 0 Å². The molecule has 9 aromatic carbocycles. The lowest BCUT2D eigenvalue weighted by molar-refractivity contribution is 0.591. The monoisotopic (exact) mass is 770 g/mol. The largest absolute Gasteiger partial charge is 0.0622 e. The molecule has 0 saturated carbocycles. The first-order chi connectivity index (χ1) is 28.8. The summed E-state index contributed by atoms with van der Waals surface area (Å²) in [6, 6.07) is 66.8. The van der Waals surface area contributed by atoms with Crippen molar-refractivity contribution in [2.45, 2.75) is 64.7 Å². The Kier molecular flexibility index (Phi) is 7.92. The van der Waals surface area contributed by atoms with Gasteiger partial charge in [-0.05, 0) is 164 Å². The van der Waals surface area contributed by atoms with Gasteiger partial charge in [0, 0.05) is 10.8 Å². The van der Waals surface area contributed by atoms with Crippen molar-refractivity contribution in [1.29, 1.82) is 0 Å². The van der Waals surface area contributed by atoms with Gasteiger partial charge in [-0.2, -0.15) is 0 Å². The second kappa shape index (κ2) is 13.0. The summed E-state index contributed by atoms with van der Waals surface area (Å²) < 4.78 is 0. The Bertz CT molecular complexity index is 3220. The maximum atomic E-state index is 2.46. The van der Waals surface area contributed by atoms with Gasteiger partial charge in [-0.3, -0.25) is 0 Å². The van der Waals surface area contributed by atoms with E-state index < -0.39 is 0 Å². The van der Waals surface area contributed by atoms with E-state index in [1.54, 1.807) is 0 Å². The molecule has 0 radical (unpaired) electrons. The maximum Gasteiger partial charge on any atom is 0.0159 e. The van der Waals surface area contributed by atoms with Gasteiger partial charge in [0.25, 0.3) is 0 Å². The zero-order valence-electron chi connectivity index (χ0n) is 35.7. The predicted molar refractivity (Wildman–Crippen MR) is 257 cm³/mol. The van der Waals surface area contributed by atoms with Gasteiger partial charge in [0.1, 0.15) is 0 Å². The zero-order chi connectivity index (χ0) is 41.1. The molecule has 0 nitrogen and oxygen atoms in total. The molecular weight excluding hydrogens is 721 g/mol. The molecule has 60 heavy (non-hydrogen) atoms. The molecule has 0 heterocycles. The second-order valence-electron chi connectivity index (χ2n) is 19.5. The van der Waals surface area contributed by atoms with Gasteiger partial charge in [-0.25, -0.2) is 0 Å². The number of fused-ring (bicyclic) bond motifs is 8. The lowest BCUT2D eigenvalue weighted by atomic mass is 9.79. The summed E-state index contributed by atoms with van der Waals surface area (Å²) in [5.41, 5.74) is 22.4. The second-order valence-corrected chi connectivity index (χ2v) is 19.5. The van der Waals surface area contributed by atoms with Crippen molar-refractivity contribution in [3.8, 4) is 66.8 Å². The highest BCUT2D eigenvalue weighted by Gasteiger charge is 2.38. The van der Waals surface area contributed by atoms with Crippen LogP contribution in [0.15, 0.2) is 176 Å². The van der Waals surface area contributed by atoms with Gasteiger partial charge in [-0.1, -0.05) is 182 Å². The molecule has 2 aliphatic carbocycles. The van der Waals surface area contributed by atoms with Crippen LogP contribution in [-0.2, 0) is 16.2 Å². The van der Waals surface area contributed by atoms with E-state index in [1.165, 1.54) is 116 Å². The third-order valence-electron chi connectivity index (χ3n) is 14.0. The summed E-state index contributed by atoms with van der Waals surface area (Å²) in [5.74, 6) is 0. The minimum absolute atomic E-state index is 0.0901. The average Bonchev–Trinajstić information content (AvgIpc) is 3.63. The molecule has 0 aromatic heterocycles. The summed E-state index contributed by atoms with van der Waals surface area (Å²) in [5, 5.41) is 5.10. The highest BCUT2D eigenvalue weighted by molar-refractivity contribution is 5.94. The molecule has 0 saturated heterocycles. The van der Waals surface area contributed by atoms with Crippen molar-refractivity contribution in [1.82, 2.24) is 0 Å². The third kappa shape index (κ3) is 5.72. The Hall–Kier alpha value is -6.50. The summed E-state index contributed by atoms with van der Waals surface area (Å²) in [6.45, 7) is 16.4. The standard InChI is InChI=1S/C60H50/c1-58(2,3)49-24-19-38-13-14-43(31-48(38)32-49)41-16-15-40-30-42(18-17-39(40)29-41)45-21-26-51-53-28-23-47(36-57(53)60(6,7)55(51)34-45)46-22-27-52-50-25-20-44(37-11-9-8-10-12-37)33-54(50)59(4,5)56(52)35-46/h8-36H,1-7H3. The van der Waals surface area contributed by atoms with Crippen LogP contribution in [0.2, 0.25) is 0 Å². The van der Waals surface area contributed by atoms with Gasteiger partial charge < -0.3 is 0 Å². The normalized spacial score (nSPS) is 14.5. The van der Waals surface area contributed by atoms with Gasteiger partial charge >= 0.3 is 0 Å². The third-order valence-corrected chi connectivity index (χ3v) is 14.0. The minimum Gasteiger partial charge on any atom is -0.0622 e. The van der Waals surface area contributed by atoms with E-state index in [0.29, 0.717) is 0 Å². The van der Waals surface area contributed by atoms with Crippen molar-refractivity contribution in [2.75, 3.05) is 0 Å². The zero-order valence-corrected chi connectivity index (χ0v) is 35.7. The summed E-state index contributed by atoms with van der Waals surface area (Å²) in [7, 11) is 0. The van der Waals surface area contributed by atoms with Gasteiger partial charge in [0.05, 0.1) is 0 Å². The minimum atomic E-state index is -0.129. The van der Waals surface area contributed by atoms with Crippen molar-refractivity contribution in [2.24, 2.45) is 0 Å². The van der Waals surface area contributed by atoms with E-state index in [9.17, 15) is 0 Å². The number of rotatable bonds is 4. The number of benzene rings is 9.